The molecule has 6 amide bonds. The molecule has 3 unspecified atom stereocenters. The molecule has 14 nitrogen and oxygen atoms in total. The highest BCUT2D eigenvalue weighted by molar-refractivity contribution is 6.12. The Morgan fingerprint density at radius 2 is 1.74 bits per heavy atom. The van der Waals surface area contributed by atoms with Crippen LogP contribution in [-0.4, -0.2) is 112 Å². The second-order valence-electron chi connectivity index (χ2n) is 10.4. The molecule has 14 heteroatoms. The fraction of sp³-hybridized carbons (Fsp3) is 0.680. The Bertz CT molecular complexity index is 944. The highest BCUT2D eigenvalue weighted by Gasteiger charge is 2.41. The summed E-state index contributed by atoms with van der Waals surface area (Å²) in [6.45, 7) is 4.33. The van der Waals surface area contributed by atoms with Gasteiger partial charge in [-0.3, -0.25) is 28.9 Å². The van der Waals surface area contributed by atoms with Crippen molar-refractivity contribution in [2.75, 3.05) is 32.8 Å². The van der Waals surface area contributed by atoms with Gasteiger partial charge < -0.3 is 35.8 Å². The van der Waals surface area contributed by atoms with Crippen LogP contribution in [0.2, 0.25) is 0 Å². The maximum atomic E-state index is 13.1. The van der Waals surface area contributed by atoms with E-state index >= 15 is 0 Å². The average Bonchev–Trinajstić information content (AvgIpc) is 3.42. The van der Waals surface area contributed by atoms with Gasteiger partial charge in [0.25, 0.3) is 11.8 Å². The fourth-order valence-electron chi connectivity index (χ4n) is 4.22. The molecule has 2 rings (SSSR count). The predicted octanol–water partition coefficient (Wildman–Crippen LogP) is -1.45. The van der Waals surface area contributed by atoms with E-state index in [1.54, 1.807) is 20.8 Å². The van der Waals surface area contributed by atoms with Gasteiger partial charge >= 0.3 is 6.09 Å². The van der Waals surface area contributed by atoms with Crippen LogP contribution in [0.25, 0.3) is 0 Å². The fourth-order valence-corrected chi connectivity index (χ4v) is 4.22. The van der Waals surface area contributed by atoms with Crippen LogP contribution in [0.4, 0.5) is 4.79 Å². The van der Waals surface area contributed by atoms with Gasteiger partial charge in [0.2, 0.25) is 17.7 Å². The molecule has 2 heterocycles. The number of likely N-dealkylation sites (tertiary alicyclic amines) is 1. The summed E-state index contributed by atoms with van der Waals surface area (Å²) in [4.78, 5) is 76.4. The minimum atomic E-state index is -1.29. The lowest BCUT2D eigenvalue weighted by atomic mass is 10.1. The van der Waals surface area contributed by atoms with Crippen LogP contribution in [0.3, 0.4) is 0 Å². The van der Waals surface area contributed by atoms with Crippen LogP contribution in [0.5, 0.6) is 0 Å². The molecule has 0 spiro atoms. The molecule has 3 atom stereocenters. The van der Waals surface area contributed by atoms with Crippen molar-refractivity contribution in [3.8, 4) is 0 Å². The third kappa shape index (κ3) is 9.94. The average molecular weight is 554 g/mol. The smallest absolute Gasteiger partial charge is 0.407 e. The highest BCUT2D eigenvalue weighted by Crippen LogP contribution is 2.21. The van der Waals surface area contributed by atoms with Crippen LogP contribution >= 0.6 is 0 Å². The Hall–Kier alpha value is -3.52. The lowest BCUT2D eigenvalue weighted by Gasteiger charge is -2.25. The number of aliphatic hydroxyl groups excluding tert-OH is 2. The first-order valence-corrected chi connectivity index (χ1v) is 13.0. The largest absolute Gasteiger partial charge is 0.444 e. The van der Waals surface area contributed by atoms with Crippen molar-refractivity contribution in [3.05, 3.63) is 12.2 Å². The van der Waals surface area contributed by atoms with Crippen molar-refractivity contribution in [3.63, 3.8) is 0 Å². The molecular formula is C25H39N5O9. The minimum absolute atomic E-state index is 0.0408. The monoisotopic (exact) mass is 553 g/mol. The summed E-state index contributed by atoms with van der Waals surface area (Å²) in [6.07, 6.45) is 3.40. The van der Waals surface area contributed by atoms with Crippen LogP contribution in [0.15, 0.2) is 12.2 Å². The van der Waals surface area contributed by atoms with E-state index in [1.165, 1.54) is 17.1 Å². The third-order valence-electron chi connectivity index (χ3n) is 6.04. The number of hydrogen-bond acceptors (Lipinski definition) is 9. The van der Waals surface area contributed by atoms with Crippen molar-refractivity contribution in [2.24, 2.45) is 0 Å². The molecule has 1 fully saturated rings. The summed E-state index contributed by atoms with van der Waals surface area (Å²) >= 11 is 0. The van der Waals surface area contributed by atoms with Gasteiger partial charge in [-0.05, 0) is 40.0 Å². The number of rotatable bonds is 13. The van der Waals surface area contributed by atoms with Crippen molar-refractivity contribution < 1.29 is 43.7 Å². The van der Waals surface area contributed by atoms with Gasteiger partial charge in [-0.25, -0.2) is 4.79 Å². The summed E-state index contributed by atoms with van der Waals surface area (Å²) in [5.74, 6) is -2.43. The maximum absolute atomic E-state index is 13.1. The van der Waals surface area contributed by atoms with E-state index in [2.05, 4.69) is 16.0 Å². The molecule has 0 bridgehead atoms. The van der Waals surface area contributed by atoms with Gasteiger partial charge in [0.15, 0.2) is 0 Å². The topological polar surface area (TPSA) is 195 Å². The lowest BCUT2D eigenvalue weighted by Crippen LogP contribution is -2.54. The first kappa shape index (κ1) is 31.7. The molecule has 0 aromatic heterocycles. The zero-order chi connectivity index (χ0) is 29.2. The Labute approximate surface area is 227 Å². The predicted molar refractivity (Wildman–Crippen MR) is 137 cm³/mol. The number of carbonyl (C=O) groups excluding carboxylic acids is 6. The molecule has 218 valence electrons. The van der Waals surface area contributed by atoms with E-state index in [0.717, 1.165) is 4.90 Å². The number of imide groups is 1. The molecule has 5 N–H and O–H groups in total. The van der Waals surface area contributed by atoms with Gasteiger partial charge in [-0.1, -0.05) is 6.42 Å². The molecule has 0 aromatic rings. The number of aliphatic hydroxyl groups is 2. The molecule has 0 radical (unpaired) electrons. The van der Waals surface area contributed by atoms with Crippen molar-refractivity contribution in [1.29, 1.82) is 0 Å². The summed E-state index contributed by atoms with van der Waals surface area (Å²) in [5.41, 5.74) is -0.744. The lowest BCUT2D eigenvalue weighted by molar-refractivity contribution is -0.140. The number of unbranched alkanes of at least 4 members (excludes halogenated alkanes) is 2. The summed E-state index contributed by atoms with van der Waals surface area (Å²) < 4.78 is 5.27. The first-order chi connectivity index (χ1) is 18.4. The molecule has 0 saturated carbocycles. The second-order valence-corrected chi connectivity index (χ2v) is 10.4. The van der Waals surface area contributed by atoms with Crippen molar-refractivity contribution in [1.82, 2.24) is 25.8 Å². The second kappa shape index (κ2) is 14.6. The van der Waals surface area contributed by atoms with E-state index in [9.17, 15) is 33.9 Å². The van der Waals surface area contributed by atoms with E-state index in [-0.39, 0.29) is 56.8 Å². The zero-order valence-electron chi connectivity index (χ0n) is 22.6. The van der Waals surface area contributed by atoms with Crippen LogP contribution in [0.1, 0.15) is 52.9 Å². The summed E-state index contributed by atoms with van der Waals surface area (Å²) in [6, 6.07) is -2.89. The quantitative estimate of drug-likeness (QED) is 0.134. The van der Waals surface area contributed by atoms with E-state index in [1.807, 2.05) is 0 Å². The van der Waals surface area contributed by atoms with Gasteiger partial charge in [0.05, 0.1) is 19.3 Å². The van der Waals surface area contributed by atoms with E-state index in [4.69, 9.17) is 9.84 Å². The standard InChI is InChI=1S/C25H39N5O9/c1-25(2,3)39-24(38)27-16-13-18(23(37)28-17(15-32)22(36)26-10-12-31)30(14-16)19(33)7-5-4-6-11-29-20(34)8-9-21(29)35/h8-9,16-18,31-32H,4-7,10-15H2,1-3H3,(H,26,36)(H,27,38)(H,28,37). The number of nitrogens with zero attached hydrogens (tertiary/aromatic N) is 2. The van der Waals surface area contributed by atoms with Crippen LogP contribution in [-0.2, 0) is 28.7 Å². The van der Waals surface area contributed by atoms with Crippen LogP contribution < -0.4 is 16.0 Å². The molecule has 0 aromatic carbocycles. The molecule has 0 aliphatic carbocycles. The third-order valence-corrected chi connectivity index (χ3v) is 6.04. The number of nitrogens with one attached hydrogen (secondary N) is 3. The minimum Gasteiger partial charge on any atom is -0.444 e. The number of ether oxygens (including phenoxy) is 1. The van der Waals surface area contributed by atoms with Crippen LogP contribution in [0, 0.1) is 0 Å². The Morgan fingerprint density at radius 1 is 1.08 bits per heavy atom. The normalized spacial score (nSPS) is 19.7. The Morgan fingerprint density at radius 3 is 2.33 bits per heavy atom. The van der Waals surface area contributed by atoms with E-state index < -0.39 is 48.2 Å². The Kier molecular flexibility index (Phi) is 11.9. The van der Waals surface area contributed by atoms with Crippen molar-refractivity contribution >= 4 is 35.6 Å². The Balaban J connectivity index is 1.99. The first-order valence-electron chi connectivity index (χ1n) is 13.0. The SMILES string of the molecule is CC(C)(C)OC(=O)NC1CC(C(=O)NC(CO)C(=O)NCCO)N(C(=O)CCCCCN2C(=O)C=CC2=O)C1. The zero-order valence-corrected chi connectivity index (χ0v) is 22.6. The summed E-state index contributed by atoms with van der Waals surface area (Å²) in [5, 5.41) is 25.9. The molecule has 39 heavy (non-hydrogen) atoms. The molecule has 2 aliphatic heterocycles. The number of amides is 6. The van der Waals surface area contributed by atoms with Gasteiger partial charge in [0.1, 0.15) is 17.7 Å². The molecular weight excluding hydrogens is 514 g/mol. The van der Waals surface area contributed by atoms with Gasteiger partial charge in [-0.2, -0.15) is 0 Å². The maximum Gasteiger partial charge on any atom is 0.407 e. The number of carbonyl (C=O) groups is 6. The summed E-state index contributed by atoms with van der Waals surface area (Å²) in [7, 11) is 0. The van der Waals surface area contributed by atoms with Gasteiger partial charge in [-0.15, -0.1) is 0 Å². The van der Waals surface area contributed by atoms with Crippen molar-refractivity contribution in [2.45, 2.75) is 76.6 Å². The number of hydrogen-bond donors (Lipinski definition) is 5. The molecule has 1 saturated heterocycles. The van der Waals surface area contributed by atoms with E-state index in [0.29, 0.717) is 19.3 Å². The molecule has 2 aliphatic rings. The highest BCUT2D eigenvalue weighted by atomic mass is 16.6. The number of alkyl carbamates (subject to hydrolysis) is 1. The van der Waals surface area contributed by atoms with Gasteiger partial charge in [0, 0.05) is 38.2 Å².